The quantitative estimate of drug-likeness (QED) is 0.626. The van der Waals surface area contributed by atoms with Crippen molar-refractivity contribution in [2.45, 2.75) is 18.8 Å². The topological polar surface area (TPSA) is 55.4 Å². The zero-order valence-corrected chi connectivity index (χ0v) is 8.98. The van der Waals surface area contributed by atoms with E-state index in [1.165, 1.54) is 5.32 Å². The van der Waals surface area contributed by atoms with Crippen LogP contribution in [0, 0.1) is 5.92 Å². The van der Waals surface area contributed by atoms with E-state index in [0.717, 1.165) is 7.11 Å². The lowest BCUT2D eigenvalue weighted by Gasteiger charge is -2.21. The smallest absolute Gasteiger partial charge is 0.409 e. The van der Waals surface area contributed by atoms with Crippen LogP contribution in [0.5, 0.6) is 0 Å². The lowest BCUT2D eigenvalue weighted by atomic mass is 10.1. The van der Waals surface area contributed by atoms with Crippen LogP contribution < -0.4 is 5.32 Å². The third-order valence-electron chi connectivity index (χ3n) is 1.77. The number of carbonyl (C=O) groups excluding carboxylic acids is 2. The lowest BCUT2D eigenvalue weighted by molar-refractivity contribution is -0.274. The van der Waals surface area contributed by atoms with Crippen molar-refractivity contribution >= 4 is 11.9 Å². The Hall–Kier alpha value is -1.48. The van der Waals surface area contributed by atoms with Crippen molar-refractivity contribution in [3.05, 3.63) is 0 Å². The molecule has 0 rings (SSSR count). The maximum Gasteiger partial charge on any atom is 0.409 e. The number of ether oxygens (including phenoxy) is 1. The molecule has 0 saturated heterocycles. The van der Waals surface area contributed by atoms with Gasteiger partial charge >= 0.3 is 18.3 Å². The second-order valence-corrected chi connectivity index (χ2v) is 3.13. The van der Waals surface area contributed by atoms with Gasteiger partial charge in [-0.1, -0.05) is 0 Å². The molecule has 0 aromatic heterocycles. The lowest BCUT2D eigenvalue weighted by Crippen LogP contribution is -2.48. The molecule has 0 atom stereocenters. The molecule has 0 aliphatic heterocycles. The highest BCUT2D eigenvalue weighted by molar-refractivity contribution is 5.80. The fourth-order valence-electron chi connectivity index (χ4n) is 0.975. The Morgan fingerprint density at radius 2 is 1.56 bits per heavy atom. The summed E-state index contributed by atoms with van der Waals surface area (Å²) in [6, 6.07) is 0. The molecule has 106 valence electrons. The third-order valence-corrected chi connectivity index (χ3v) is 1.77. The largest absolute Gasteiger partial charge is 0.469 e. The van der Waals surface area contributed by atoms with E-state index in [2.05, 4.69) is 4.74 Å². The van der Waals surface area contributed by atoms with Gasteiger partial charge in [-0.25, -0.2) is 0 Å². The Bertz CT molecular complexity index is 297. The molecule has 0 aromatic carbocycles. The molecule has 0 fully saturated rings. The summed E-state index contributed by atoms with van der Waals surface area (Å²) in [5, 5.41) is 1.38. The summed E-state index contributed by atoms with van der Waals surface area (Å²) in [7, 11) is 0.985. The molecule has 0 unspecified atom stereocenters. The molecule has 1 amide bonds. The fraction of sp³-hybridized carbons (Fsp3) is 0.750. The zero-order chi connectivity index (χ0) is 14.6. The van der Waals surface area contributed by atoms with Crippen LogP contribution in [0.25, 0.3) is 0 Å². The van der Waals surface area contributed by atoms with Crippen LogP contribution in [0.4, 0.5) is 26.3 Å². The van der Waals surface area contributed by atoms with Gasteiger partial charge in [0.25, 0.3) is 0 Å². The van der Waals surface area contributed by atoms with Crippen LogP contribution in [-0.4, -0.2) is 37.9 Å². The van der Waals surface area contributed by atoms with Crippen LogP contribution in [0.2, 0.25) is 0 Å². The molecule has 18 heavy (non-hydrogen) atoms. The van der Waals surface area contributed by atoms with Gasteiger partial charge in [-0.15, -0.1) is 0 Å². The monoisotopic (exact) mass is 281 g/mol. The Balaban J connectivity index is 4.56. The van der Waals surface area contributed by atoms with E-state index >= 15 is 0 Å². The highest BCUT2D eigenvalue weighted by Gasteiger charge is 2.60. The minimum Gasteiger partial charge on any atom is -0.469 e. The van der Waals surface area contributed by atoms with E-state index in [-0.39, 0.29) is 0 Å². The van der Waals surface area contributed by atoms with E-state index in [1.807, 2.05) is 0 Å². The summed E-state index contributed by atoms with van der Waals surface area (Å²) in [5.41, 5.74) is 0. The van der Waals surface area contributed by atoms with Gasteiger partial charge in [0, 0.05) is 6.54 Å². The summed E-state index contributed by atoms with van der Waals surface area (Å²) >= 11 is 0. The molecule has 10 heteroatoms. The molecule has 0 saturated carbocycles. The molecule has 0 aromatic rings. The molecule has 0 aliphatic carbocycles. The SMILES string of the molecule is COC(=O)CCNC(=O)C(C(F)(F)F)C(F)(F)F. The summed E-state index contributed by atoms with van der Waals surface area (Å²) in [4.78, 5) is 21.3. The van der Waals surface area contributed by atoms with Crippen molar-refractivity contribution in [3.63, 3.8) is 0 Å². The number of nitrogens with one attached hydrogen (secondary N) is 1. The van der Waals surface area contributed by atoms with Crippen molar-refractivity contribution < 1.29 is 40.7 Å². The van der Waals surface area contributed by atoms with Gasteiger partial charge in [0.05, 0.1) is 13.5 Å². The molecule has 0 aliphatic rings. The van der Waals surface area contributed by atoms with Crippen LogP contribution in [0.3, 0.4) is 0 Å². The van der Waals surface area contributed by atoms with Crippen molar-refractivity contribution in [3.8, 4) is 0 Å². The maximum atomic E-state index is 12.0. The number of halogens is 6. The summed E-state index contributed by atoms with van der Waals surface area (Å²) in [5.74, 6) is -7.23. The van der Waals surface area contributed by atoms with E-state index in [0.29, 0.717) is 0 Å². The minimum atomic E-state index is -5.74. The van der Waals surface area contributed by atoms with Crippen LogP contribution in [0.15, 0.2) is 0 Å². The van der Waals surface area contributed by atoms with Crippen LogP contribution in [-0.2, 0) is 14.3 Å². The number of hydrogen-bond donors (Lipinski definition) is 1. The minimum absolute atomic E-state index is 0.523. The van der Waals surface area contributed by atoms with Gasteiger partial charge in [0.2, 0.25) is 11.8 Å². The van der Waals surface area contributed by atoms with Crippen molar-refractivity contribution in [1.82, 2.24) is 5.32 Å². The van der Waals surface area contributed by atoms with Gasteiger partial charge in [-0.3, -0.25) is 9.59 Å². The van der Waals surface area contributed by atoms with Gasteiger partial charge < -0.3 is 10.1 Å². The van der Waals surface area contributed by atoms with Crippen LogP contribution in [0.1, 0.15) is 6.42 Å². The molecule has 0 heterocycles. The average Bonchev–Trinajstić information content (AvgIpc) is 2.12. The molecule has 0 radical (unpaired) electrons. The number of esters is 1. The third kappa shape index (κ3) is 5.23. The summed E-state index contributed by atoms with van der Waals surface area (Å²) < 4.78 is 76.4. The molecule has 4 nitrogen and oxygen atoms in total. The predicted octanol–water partition coefficient (Wildman–Crippen LogP) is 1.41. The van der Waals surface area contributed by atoms with Crippen LogP contribution >= 0.6 is 0 Å². The molecular formula is C8H9F6NO3. The Morgan fingerprint density at radius 3 is 1.89 bits per heavy atom. The number of carbonyl (C=O) groups is 2. The van der Waals surface area contributed by atoms with E-state index in [9.17, 15) is 35.9 Å². The fourth-order valence-corrected chi connectivity index (χ4v) is 0.975. The van der Waals surface area contributed by atoms with E-state index in [4.69, 9.17) is 0 Å². The number of alkyl halides is 6. The van der Waals surface area contributed by atoms with E-state index < -0.39 is 43.1 Å². The van der Waals surface area contributed by atoms with Gasteiger partial charge in [0.15, 0.2) is 0 Å². The van der Waals surface area contributed by atoms with E-state index in [1.54, 1.807) is 0 Å². The number of hydrogen-bond acceptors (Lipinski definition) is 3. The molecule has 0 spiro atoms. The first-order chi connectivity index (χ1) is 8.00. The highest BCUT2D eigenvalue weighted by Crippen LogP contribution is 2.39. The normalized spacial score (nSPS) is 12.4. The Labute approximate surface area is 97.3 Å². The van der Waals surface area contributed by atoms with Gasteiger partial charge in [-0.05, 0) is 0 Å². The van der Waals surface area contributed by atoms with Crippen molar-refractivity contribution in [1.29, 1.82) is 0 Å². The Kier molecular flexibility index (Phi) is 5.43. The number of rotatable bonds is 4. The second kappa shape index (κ2) is 5.91. The van der Waals surface area contributed by atoms with Crippen molar-refractivity contribution in [2.75, 3.05) is 13.7 Å². The first-order valence-electron chi connectivity index (χ1n) is 4.48. The van der Waals surface area contributed by atoms with Gasteiger partial charge in [0.1, 0.15) is 0 Å². The average molecular weight is 281 g/mol. The van der Waals surface area contributed by atoms with Crippen molar-refractivity contribution in [2.24, 2.45) is 5.92 Å². The zero-order valence-electron chi connectivity index (χ0n) is 8.98. The number of amides is 1. The van der Waals surface area contributed by atoms with Gasteiger partial charge in [-0.2, -0.15) is 26.3 Å². The number of methoxy groups -OCH3 is 1. The molecule has 1 N–H and O–H groups in total. The molecule has 0 bridgehead atoms. The maximum absolute atomic E-state index is 12.0. The predicted molar refractivity (Wildman–Crippen MR) is 45.2 cm³/mol. The first-order valence-corrected chi connectivity index (χ1v) is 4.48. The molecular weight excluding hydrogens is 272 g/mol. The Morgan fingerprint density at radius 1 is 1.11 bits per heavy atom. The standard InChI is InChI=1S/C8H9F6NO3/c1-18-4(16)2-3-15-6(17)5(7(9,10)11)8(12,13)14/h5H,2-3H2,1H3,(H,15,17). The summed E-state index contributed by atoms with van der Waals surface area (Å²) in [6.45, 7) is -0.672. The highest BCUT2D eigenvalue weighted by atomic mass is 19.4. The summed E-state index contributed by atoms with van der Waals surface area (Å²) in [6.07, 6.45) is -12.0. The second-order valence-electron chi connectivity index (χ2n) is 3.13. The first kappa shape index (κ1) is 16.5.